The van der Waals surface area contributed by atoms with Gasteiger partial charge < -0.3 is 4.74 Å². The van der Waals surface area contributed by atoms with E-state index in [0.717, 1.165) is 0 Å². The summed E-state index contributed by atoms with van der Waals surface area (Å²) in [6.07, 6.45) is -0.416. The summed E-state index contributed by atoms with van der Waals surface area (Å²) in [6.45, 7) is -0.371. The number of halogens is 1. The summed E-state index contributed by atoms with van der Waals surface area (Å²) >= 11 is 7.13. The number of hydrogen-bond donors (Lipinski definition) is 2. The predicted octanol–water partition coefficient (Wildman–Crippen LogP) is 2.37. The van der Waals surface area contributed by atoms with Gasteiger partial charge in [-0.25, -0.2) is 0 Å². The van der Waals surface area contributed by atoms with Gasteiger partial charge in [-0.15, -0.1) is 11.3 Å². The highest BCUT2D eigenvalue weighted by Gasteiger charge is 2.14. The molecule has 0 saturated heterocycles. The van der Waals surface area contributed by atoms with Crippen molar-refractivity contribution in [1.82, 2.24) is 10.9 Å². The van der Waals surface area contributed by atoms with Gasteiger partial charge in [-0.05, 0) is 23.6 Å². The van der Waals surface area contributed by atoms with E-state index in [1.165, 1.54) is 17.4 Å². The van der Waals surface area contributed by atoms with Crippen LogP contribution in [0.15, 0.2) is 41.8 Å². The Morgan fingerprint density at radius 3 is 2.46 bits per heavy atom. The number of amides is 2. The summed E-state index contributed by atoms with van der Waals surface area (Å²) in [4.78, 5) is 47.3. The number of ether oxygens (including phenoxy) is 1. The fourth-order valence-electron chi connectivity index (χ4n) is 1.84. The minimum Gasteiger partial charge on any atom is -0.457 e. The lowest BCUT2D eigenvalue weighted by Crippen LogP contribution is -2.41. The maximum Gasteiger partial charge on any atom is 0.306 e. The number of Topliss-reactive ketones (excluding diaryl/α,β-unsaturated/α-hetero) is 1. The normalized spacial score (nSPS) is 10.0. The molecule has 1 aromatic heterocycles. The maximum atomic E-state index is 11.9. The topological polar surface area (TPSA) is 102 Å². The molecule has 7 nitrogen and oxygen atoms in total. The van der Waals surface area contributed by atoms with Gasteiger partial charge in [-0.2, -0.15) is 0 Å². The lowest BCUT2D eigenvalue weighted by atomic mass is 10.2. The first kappa shape index (κ1) is 19.6. The van der Waals surface area contributed by atoms with Crippen LogP contribution < -0.4 is 10.9 Å². The second-order valence-corrected chi connectivity index (χ2v) is 6.40. The third-order valence-corrected chi connectivity index (χ3v) is 4.39. The van der Waals surface area contributed by atoms with Gasteiger partial charge in [-0.3, -0.25) is 30.0 Å². The van der Waals surface area contributed by atoms with E-state index in [4.69, 9.17) is 16.3 Å². The number of carbonyl (C=O) groups excluding carboxylic acids is 4. The van der Waals surface area contributed by atoms with Crippen LogP contribution in [0.3, 0.4) is 0 Å². The Kier molecular flexibility index (Phi) is 7.31. The molecular formula is C17H15ClN2O5S. The first-order valence-electron chi connectivity index (χ1n) is 7.53. The molecule has 0 bridgehead atoms. The van der Waals surface area contributed by atoms with Crippen molar-refractivity contribution in [3.8, 4) is 0 Å². The smallest absolute Gasteiger partial charge is 0.306 e. The van der Waals surface area contributed by atoms with Crippen LogP contribution in [0, 0.1) is 0 Å². The monoisotopic (exact) mass is 394 g/mol. The Hall–Kier alpha value is -2.71. The summed E-state index contributed by atoms with van der Waals surface area (Å²) in [7, 11) is 0. The van der Waals surface area contributed by atoms with Crippen molar-refractivity contribution in [2.24, 2.45) is 0 Å². The number of carbonyl (C=O) groups is 4. The van der Waals surface area contributed by atoms with Gasteiger partial charge in [-0.1, -0.05) is 29.8 Å². The Bertz CT molecular complexity index is 807. The van der Waals surface area contributed by atoms with Crippen LogP contribution in [0.1, 0.15) is 32.9 Å². The lowest BCUT2D eigenvalue weighted by molar-refractivity contribution is -0.143. The van der Waals surface area contributed by atoms with Gasteiger partial charge in [0.15, 0.2) is 6.61 Å². The molecule has 2 rings (SSSR count). The molecule has 0 aliphatic rings. The van der Waals surface area contributed by atoms with Crippen molar-refractivity contribution in [2.45, 2.75) is 12.8 Å². The molecule has 0 fully saturated rings. The van der Waals surface area contributed by atoms with Crippen molar-refractivity contribution in [1.29, 1.82) is 0 Å². The van der Waals surface area contributed by atoms with E-state index < -0.39 is 17.8 Å². The summed E-state index contributed by atoms with van der Waals surface area (Å²) in [5, 5.41) is 1.99. The van der Waals surface area contributed by atoms with Crippen LogP contribution in [-0.4, -0.2) is 30.2 Å². The molecule has 0 spiro atoms. The fraction of sp³-hybridized carbons (Fsp3) is 0.176. The summed E-state index contributed by atoms with van der Waals surface area (Å²) in [5.74, 6) is -2.13. The molecule has 2 N–H and O–H groups in total. The molecule has 136 valence electrons. The zero-order valence-electron chi connectivity index (χ0n) is 13.5. The summed E-state index contributed by atoms with van der Waals surface area (Å²) in [5.41, 5.74) is 4.59. The molecule has 1 heterocycles. The largest absolute Gasteiger partial charge is 0.457 e. The SMILES string of the molecule is O=C(CCC(=O)OCC(=O)c1cccs1)NNC(=O)c1ccccc1Cl. The number of rotatable bonds is 7. The molecule has 2 aromatic rings. The lowest BCUT2D eigenvalue weighted by Gasteiger charge is -2.08. The fourth-order valence-corrected chi connectivity index (χ4v) is 2.72. The molecule has 0 unspecified atom stereocenters. The van der Waals surface area contributed by atoms with Crippen molar-refractivity contribution >= 4 is 46.5 Å². The Labute approximate surface area is 158 Å². The van der Waals surface area contributed by atoms with Gasteiger partial charge in [0, 0.05) is 6.42 Å². The molecule has 26 heavy (non-hydrogen) atoms. The van der Waals surface area contributed by atoms with E-state index in [9.17, 15) is 19.2 Å². The summed E-state index contributed by atoms with van der Waals surface area (Å²) < 4.78 is 4.82. The number of hydrogen-bond acceptors (Lipinski definition) is 6. The van der Waals surface area contributed by atoms with E-state index in [1.807, 2.05) is 0 Å². The molecule has 0 aliphatic heterocycles. The van der Waals surface area contributed by atoms with Crippen LogP contribution in [0.25, 0.3) is 0 Å². The van der Waals surface area contributed by atoms with E-state index in [1.54, 1.807) is 35.7 Å². The van der Waals surface area contributed by atoms with Crippen LogP contribution >= 0.6 is 22.9 Å². The molecule has 0 atom stereocenters. The molecule has 0 saturated carbocycles. The zero-order chi connectivity index (χ0) is 18.9. The van der Waals surface area contributed by atoms with Crippen molar-refractivity contribution in [2.75, 3.05) is 6.61 Å². The average molecular weight is 395 g/mol. The van der Waals surface area contributed by atoms with E-state index in [2.05, 4.69) is 10.9 Å². The zero-order valence-corrected chi connectivity index (χ0v) is 15.1. The summed E-state index contributed by atoms with van der Waals surface area (Å²) in [6, 6.07) is 9.72. The number of esters is 1. The Balaban J connectivity index is 1.66. The molecule has 9 heteroatoms. The van der Waals surface area contributed by atoms with Crippen LogP contribution in [0.4, 0.5) is 0 Å². The Morgan fingerprint density at radius 1 is 1.00 bits per heavy atom. The number of nitrogens with one attached hydrogen (secondary N) is 2. The highest BCUT2D eigenvalue weighted by molar-refractivity contribution is 7.12. The second kappa shape index (κ2) is 9.69. The van der Waals surface area contributed by atoms with Gasteiger partial charge in [0.25, 0.3) is 5.91 Å². The third kappa shape index (κ3) is 5.98. The Morgan fingerprint density at radius 2 is 1.77 bits per heavy atom. The first-order valence-corrected chi connectivity index (χ1v) is 8.79. The van der Waals surface area contributed by atoms with Gasteiger partial charge in [0.05, 0.1) is 21.9 Å². The van der Waals surface area contributed by atoms with Gasteiger partial charge in [0.2, 0.25) is 11.7 Å². The van der Waals surface area contributed by atoms with Gasteiger partial charge >= 0.3 is 5.97 Å². The van der Waals surface area contributed by atoms with Crippen molar-refractivity contribution in [3.63, 3.8) is 0 Å². The maximum absolute atomic E-state index is 11.9. The van der Waals surface area contributed by atoms with E-state index in [-0.39, 0.29) is 35.8 Å². The standard InChI is InChI=1S/C17H15ClN2O5S/c18-12-5-2-1-4-11(12)17(24)20-19-15(22)7-8-16(23)25-10-13(21)14-6-3-9-26-14/h1-6,9H,7-8,10H2,(H,19,22)(H,20,24). The number of benzene rings is 1. The van der Waals surface area contributed by atoms with E-state index >= 15 is 0 Å². The molecular weight excluding hydrogens is 380 g/mol. The second-order valence-electron chi connectivity index (χ2n) is 5.04. The molecule has 2 amide bonds. The average Bonchev–Trinajstić information content (AvgIpc) is 3.17. The highest BCUT2D eigenvalue weighted by atomic mass is 35.5. The minimum atomic E-state index is -0.678. The van der Waals surface area contributed by atoms with Gasteiger partial charge in [0.1, 0.15) is 0 Å². The van der Waals surface area contributed by atoms with Crippen molar-refractivity contribution < 1.29 is 23.9 Å². The van der Waals surface area contributed by atoms with Crippen LogP contribution in [0.5, 0.6) is 0 Å². The first-order chi connectivity index (χ1) is 12.5. The number of ketones is 1. The molecule has 0 aliphatic carbocycles. The molecule has 1 aromatic carbocycles. The van der Waals surface area contributed by atoms with Crippen LogP contribution in [0.2, 0.25) is 5.02 Å². The number of hydrazine groups is 1. The quantitative estimate of drug-likeness (QED) is 0.426. The number of thiophene rings is 1. The van der Waals surface area contributed by atoms with E-state index in [0.29, 0.717) is 4.88 Å². The predicted molar refractivity (Wildman–Crippen MR) is 95.9 cm³/mol. The highest BCUT2D eigenvalue weighted by Crippen LogP contribution is 2.14. The molecule has 0 radical (unpaired) electrons. The van der Waals surface area contributed by atoms with Crippen molar-refractivity contribution in [3.05, 3.63) is 57.2 Å². The van der Waals surface area contributed by atoms with Crippen LogP contribution in [-0.2, 0) is 14.3 Å². The minimum absolute atomic E-state index is 0.200. The third-order valence-electron chi connectivity index (χ3n) is 3.15.